The maximum absolute atomic E-state index is 12.5. The average Bonchev–Trinajstić information content (AvgIpc) is 2.50. The Morgan fingerprint density at radius 1 is 1.48 bits per heavy atom. The predicted octanol–water partition coefficient (Wildman–Crippen LogP) is 1.75. The van der Waals surface area contributed by atoms with Crippen LogP contribution < -0.4 is 9.64 Å². The summed E-state index contributed by atoms with van der Waals surface area (Å²) in [6.45, 7) is 0.617. The minimum atomic E-state index is -1.07. The van der Waals surface area contributed by atoms with E-state index in [4.69, 9.17) is 9.84 Å². The number of carboxylic acids is 1. The summed E-state index contributed by atoms with van der Waals surface area (Å²) in [7, 11) is 1.71. The Morgan fingerprint density at radius 2 is 2.19 bits per heavy atom. The summed E-state index contributed by atoms with van der Waals surface area (Å²) in [4.78, 5) is 26.8. The van der Waals surface area contributed by atoms with Gasteiger partial charge in [-0.3, -0.25) is 4.90 Å². The number of para-hydroxylation sites is 2. The molecule has 1 aromatic rings. The van der Waals surface area contributed by atoms with Crippen LogP contribution in [0.4, 0.5) is 10.5 Å². The van der Waals surface area contributed by atoms with E-state index in [-0.39, 0.29) is 12.6 Å². The van der Waals surface area contributed by atoms with Crippen molar-refractivity contribution in [3.05, 3.63) is 24.3 Å². The van der Waals surface area contributed by atoms with Gasteiger partial charge in [-0.1, -0.05) is 12.1 Å². The first-order valence-electron chi connectivity index (χ1n) is 6.54. The lowest BCUT2D eigenvalue weighted by Crippen LogP contribution is -2.51. The fraction of sp³-hybridized carbons (Fsp3) is 0.429. The van der Waals surface area contributed by atoms with Crippen LogP contribution in [0.2, 0.25) is 0 Å². The summed E-state index contributed by atoms with van der Waals surface area (Å²) >= 11 is 1.65. The number of amides is 2. The zero-order valence-electron chi connectivity index (χ0n) is 12.0. The highest BCUT2D eigenvalue weighted by Gasteiger charge is 2.34. The van der Waals surface area contributed by atoms with E-state index in [1.54, 1.807) is 48.0 Å². The van der Waals surface area contributed by atoms with Crippen LogP contribution >= 0.6 is 11.8 Å². The molecule has 0 spiro atoms. The van der Waals surface area contributed by atoms with Gasteiger partial charge in [0.1, 0.15) is 5.75 Å². The normalized spacial score (nSPS) is 16.9. The summed E-state index contributed by atoms with van der Waals surface area (Å²) in [5, 5.41) is 9.16. The van der Waals surface area contributed by atoms with Gasteiger partial charge >= 0.3 is 12.0 Å². The summed E-state index contributed by atoms with van der Waals surface area (Å²) in [5.74, 6) is 0.174. The van der Waals surface area contributed by atoms with E-state index in [2.05, 4.69) is 0 Å². The van der Waals surface area contributed by atoms with E-state index in [9.17, 15) is 9.59 Å². The molecule has 1 N–H and O–H groups in total. The molecule has 0 bridgehead atoms. The minimum absolute atomic E-state index is 0.00872. The average molecular weight is 310 g/mol. The zero-order chi connectivity index (χ0) is 15.4. The quantitative estimate of drug-likeness (QED) is 0.917. The van der Waals surface area contributed by atoms with Gasteiger partial charge in [0.05, 0.1) is 12.2 Å². The maximum atomic E-state index is 12.5. The summed E-state index contributed by atoms with van der Waals surface area (Å²) in [6.07, 6.45) is 0.931. The SMILES string of the molecule is CSCCN(C)C(=O)N1CC(C(=O)O)Oc2ccccc21. The second-order valence-corrected chi connectivity index (χ2v) is 5.71. The van der Waals surface area contributed by atoms with Crippen molar-refractivity contribution in [2.45, 2.75) is 6.10 Å². The number of hydrogen-bond acceptors (Lipinski definition) is 4. The predicted molar refractivity (Wildman–Crippen MR) is 82.2 cm³/mol. The Hall–Kier alpha value is -1.89. The van der Waals surface area contributed by atoms with Gasteiger partial charge in [-0.2, -0.15) is 11.8 Å². The number of hydrogen-bond donors (Lipinski definition) is 1. The third-order valence-corrected chi connectivity index (χ3v) is 3.83. The van der Waals surface area contributed by atoms with Crippen molar-refractivity contribution in [1.29, 1.82) is 0 Å². The number of carboxylic acid groups (broad SMARTS) is 1. The fourth-order valence-electron chi connectivity index (χ4n) is 2.07. The zero-order valence-corrected chi connectivity index (χ0v) is 12.8. The topological polar surface area (TPSA) is 70.1 Å². The molecule has 1 heterocycles. The number of benzene rings is 1. The number of thioether (sulfide) groups is 1. The molecule has 1 aliphatic rings. The Morgan fingerprint density at radius 3 is 2.86 bits per heavy atom. The third kappa shape index (κ3) is 3.41. The Labute approximate surface area is 127 Å². The van der Waals surface area contributed by atoms with Gasteiger partial charge in [-0.05, 0) is 18.4 Å². The third-order valence-electron chi connectivity index (χ3n) is 3.24. The molecule has 1 aliphatic heterocycles. The van der Waals surface area contributed by atoms with Gasteiger partial charge in [0.25, 0.3) is 0 Å². The van der Waals surface area contributed by atoms with Crippen LogP contribution in [0.3, 0.4) is 0 Å². The van der Waals surface area contributed by atoms with E-state index >= 15 is 0 Å². The first-order chi connectivity index (χ1) is 10.0. The molecular weight excluding hydrogens is 292 g/mol. The van der Waals surface area contributed by atoms with E-state index in [1.807, 2.05) is 6.26 Å². The van der Waals surface area contributed by atoms with Crippen LogP contribution in [0.25, 0.3) is 0 Å². The highest BCUT2D eigenvalue weighted by atomic mass is 32.2. The molecule has 0 radical (unpaired) electrons. The molecule has 114 valence electrons. The molecule has 2 rings (SSSR count). The Bertz CT molecular complexity index is 537. The number of carbonyl (C=O) groups is 2. The number of aliphatic carboxylic acids is 1. The lowest BCUT2D eigenvalue weighted by Gasteiger charge is -2.35. The molecular formula is C14H18N2O4S. The monoisotopic (exact) mass is 310 g/mol. The molecule has 1 unspecified atom stereocenters. The van der Waals surface area contributed by atoms with Crippen molar-refractivity contribution in [3.63, 3.8) is 0 Å². The smallest absolute Gasteiger partial charge is 0.346 e. The van der Waals surface area contributed by atoms with E-state index in [1.165, 1.54) is 4.90 Å². The molecule has 2 amide bonds. The summed E-state index contributed by atoms with van der Waals surface area (Å²) in [5.41, 5.74) is 0.607. The van der Waals surface area contributed by atoms with E-state index in [0.29, 0.717) is 18.0 Å². The van der Waals surface area contributed by atoms with E-state index < -0.39 is 12.1 Å². The molecule has 21 heavy (non-hydrogen) atoms. The summed E-state index contributed by atoms with van der Waals surface area (Å²) in [6, 6.07) is 6.76. The molecule has 6 nitrogen and oxygen atoms in total. The van der Waals surface area contributed by atoms with Gasteiger partial charge in [-0.15, -0.1) is 0 Å². The molecule has 0 saturated heterocycles. The molecule has 0 fully saturated rings. The van der Waals surface area contributed by atoms with Crippen LogP contribution in [0.5, 0.6) is 5.75 Å². The molecule has 0 aromatic heterocycles. The Balaban J connectivity index is 2.24. The highest BCUT2D eigenvalue weighted by Crippen LogP contribution is 2.33. The van der Waals surface area contributed by atoms with E-state index in [0.717, 1.165) is 5.75 Å². The van der Waals surface area contributed by atoms with Crippen LogP contribution in [0.1, 0.15) is 0 Å². The number of urea groups is 1. The molecule has 7 heteroatoms. The second-order valence-electron chi connectivity index (χ2n) is 4.72. The van der Waals surface area contributed by atoms with Crippen LogP contribution in [-0.2, 0) is 4.79 Å². The number of rotatable bonds is 4. The number of nitrogens with zero attached hydrogens (tertiary/aromatic N) is 2. The lowest BCUT2D eigenvalue weighted by atomic mass is 10.2. The van der Waals surface area contributed by atoms with Crippen LogP contribution in [0, 0.1) is 0 Å². The van der Waals surface area contributed by atoms with Gasteiger partial charge in [0.2, 0.25) is 6.10 Å². The maximum Gasteiger partial charge on any atom is 0.346 e. The molecule has 1 atom stereocenters. The molecule has 1 aromatic carbocycles. The summed E-state index contributed by atoms with van der Waals surface area (Å²) < 4.78 is 5.42. The lowest BCUT2D eigenvalue weighted by molar-refractivity contribution is -0.144. The molecule has 0 aliphatic carbocycles. The number of carbonyl (C=O) groups excluding carboxylic acids is 1. The number of anilines is 1. The first-order valence-corrected chi connectivity index (χ1v) is 7.94. The van der Waals surface area contributed by atoms with Gasteiger partial charge < -0.3 is 14.7 Å². The number of fused-ring (bicyclic) bond motifs is 1. The second kappa shape index (κ2) is 6.71. The van der Waals surface area contributed by atoms with Crippen molar-refractivity contribution in [1.82, 2.24) is 4.90 Å². The standard InChI is InChI=1S/C14H18N2O4S/c1-15(7-8-21-2)14(19)16-9-12(13(17)18)20-11-6-4-3-5-10(11)16/h3-6,12H,7-9H2,1-2H3,(H,17,18). The number of ether oxygens (including phenoxy) is 1. The van der Waals surface area contributed by atoms with Crippen molar-refractivity contribution in [2.24, 2.45) is 0 Å². The largest absolute Gasteiger partial charge is 0.478 e. The van der Waals surface area contributed by atoms with Crippen molar-refractivity contribution < 1.29 is 19.4 Å². The van der Waals surface area contributed by atoms with Gasteiger partial charge in [0, 0.05) is 19.3 Å². The van der Waals surface area contributed by atoms with Gasteiger partial charge in [-0.25, -0.2) is 9.59 Å². The minimum Gasteiger partial charge on any atom is -0.478 e. The molecule has 0 saturated carbocycles. The fourth-order valence-corrected chi connectivity index (χ4v) is 2.53. The van der Waals surface area contributed by atoms with Crippen molar-refractivity contribution >= 4 is 29.4 Å². The Kier molecular flexibility index (Phi) is 4.95. The van der Waals surface area contributed by atoms with Crippen LogP contribution in [0.15, 0.2) is 24.3 Å². The highest BCUT2D eigenvalue weighted by molar-refractivity contribution is 7.98. The van der Waals surface area contributed by atoms with Crippen molar-refractivity contribution in [3.8, 4) is 5.75 Å². The van der Waals surface area contributed by atoms with Crippen LogP contribution in [-0.4, -0.2) is 60.3 Å². The first kappa shape index (κ1) is 15.5. The van der Waals surface area contributed by atoms with Gasteiger partial charge in [0.15, 0.2) is 0 Å². The van der Waals surface area contributed by atoms with Crippen molar-refractivity contribution in [2.75, 3.05) is 37.0 Å².